The summed E-state index contributed by atoms with van der Waals surface area (Å²) in [6.45, 7) is 4.71. The van der Waals surface area contributed by atoms with Gasteiger partial charge in [-0.15, -0.1) is 0 Å². The van der Waals surface area contributed by atoms with Gasteiger partial charge < -0.3 is 10.1 Å². The van der Waals surface area contributed by atoms with Crippen LogP contribution in [0.3, 0.4) is 0 Å². The average molecular weight is 300 g/mol. The fourth-order valence-corrected chi connectivity index (χ4v) is 2.05. The van der Waals surface area contributed by atoms with E-state index in [-0.39, 0.29) is 16.8 Å². The number of alkyl halides is 1. The van der Waals surface area contributed by atoms with Crippen molar-refractivity contribution in [2.24, 2.45) is 0 Å². The molecule has 0 saturated carbocycles. The number of hydrogen-bond donors (Lipinski definition) is 1. The van der Waals surface area contributed by atoms with Crippen LogP contribution in [0.4, 0.5) is 0 Å². The molecule has 1 rings (SSSR count). The SMILES string of the molecule is COC(=O)C(Br)CNC(C)c1ccccc1C. The van der Waals surface area contributed by atoms with Crippen molar-refractivity contribution in [1.29, 1.82) is 0 Å². The van der Waals surface area contributed by atoms with Gasteiger partial charge in [-0.05, 0) is 25.0 Å². The highest BCUT2D eigenvalue weighted by Crippen LogP contribution is 2.16. The highest BCUT2D eigenvalue weighted by Gasteiger charge is 2.16. The van der Waals surface area contributed by atoms with Crippen LogP contribution >= 0.6 is 15.9 Å². The molecular formula is C13H18BrNO2. The number of ether oxygens (including phenoxy) is 1. The van der Waals surface area contributed by atoms with Crippen LogP contribution in [-0.4, -0.2) is 24.5 Å². The first-order valence-electron chi connectivity index (χ1n) is 5.57. The molecule has 0 amide bonds. The maximum atomic E-state index is 11.2. The van der Waals surface area contributed by atoms with Crippen LogP contribution in [0.25, 0.3) is 0 Å². The molecule has 3 nitrogen and oxygen atoms in total. The van der Waals surface area contributed by atoms with Gasteiger partial charge in [-0.3, -0.25) is 4.79 Å². The number of carbonyl (C=O) groups excluding carboxylic acids is 1. The Hall–Kier alpha value is -0.870. The number of rotatable bonds is 5. The van der Waals surface area contributed by atoms with Gasteiger partial charge in [-0.25, -0.2) is 0 Å². The number of benzene rings is 1. The quantitative estimate of drug-likeness (QED) is 0.671. The number of methoxy groups -OCH3 is 1. The van der Waals surface area contributed by atoms with Crippen LogP contribution in [0.2, 0.25) is 0 Å². The molecule has 1 aromatic rings. The third kappa shape index (κ3) is 4.13. The lowest BCUT2D eigenvalue weighted by Gasteiger charge is -2.18. The minimum absolute atomic E-state index is 0.209. The zero-order valence-electron chi connectivity index (χ0n) is 10.4. The van der Waals surface area contributed by atoms with Crippen molar-refractivity contribution in [3.63, 3.8) is 0 Å². The van der Waals surface area contributed by atoms with Gasteiger partial charge in [0.15, 0.2) is 0 Å². The topological polar surface area (TPSA) is 38.3 Å². The Balaban J connectivity index is 2.53. The second kappa shape index (κ2) is 6.77. The molecule has 0 radical (unpaired) electrons. The predicted molar refractivity (Wildman–Crippen MR) is 72.3 cm³/mol. The van der Waals surface area contributed by atoms with Gasteiger partial charge in [-0.2, -0.15) is 0 Å². The van der Waals surface area contributed by atoms with Crippen molar-refractivity contribution in [3.8, 4) is 0 Å². The lowest BCUT2D eigenvalue weighted by Crippen LogP contribution is -2.31. The Morgan fingerprint density at radius 3 is 2.71 bits per heavy atom. The summed E-state index contributed by atoms with van der Waals surface area (Å²) in [5.41, 5.74) is 2.49. The molecule has 0 bridgehead atoms. The number of nitrogens with one attached hydrogen (secondary N) is 1. The zero-order chi connectivity index (χ0) is 12.8. The van der Waals surface area contributed by atoms with Crippen molar-refractivity contribution >= 4 is 21.9 Å². The maximum absolute atomic E-state index is 11.2. The molecule has 0 fully saturated rings. The van der Waals surface area contributed by atoms with E-state index in [0.717, 1.165) is 0 Å². The molecule has 0 aromatic heterocycles. The Bertz CT molecular complexity index is 381. The zero-order valence-corrected chi connectivity index (χ0v) is 12.0. The van der Waals surface area contributed by atoms with E-state index < -0.39 is 0 Å². The first kappa shape index (κ1) is 14.2. The summed E-state index contributed by atoms with van der Waals surface area (Å²) in [4.78, 5) is 10.9. The second-order valence-corrected chi connectivity index (χ2v) is 5.08. The van der Waals surface area contributed by atoms with Gasteiger partial charge in [0.1, 0.15) is 4.83 Å². The number of aryl methyl sites for hydroxylation is 1. The monoisotopic (exact) mass is 299 g/mol. The van der Waals surface area contributed by atoms with Gasteiger partial charge in [0.25, 0.3) is 0 Å². The van der Waals surface area contributed by atoms with E-state index in [2.05, 4.69) is 52.0 Å². The van der Waals surface area contributed by atoms with Crippen molar-refractivity contribution in [2.45, 2.75) is 24.7 Å². The van der Waals surface area contributed by atoms with Gasteiger partial charge in [0.2, 0.25) is 0 Å². The summed E-state index contributed by atoms with van der Waals surface area (Å²) in [5, 5.41) is 3.31. The number of esters is 1. The van der Waals surface area contributed by atoms with Crippen LogP contribution in [0.15, 0.2) is 24.3 Å². The van der Waals surface area contributed by atoms with Crippen molar-refractivity contribution in [2.75, 3.05) is 13.7 Å². The molecule has 0 saturated heterocycles. The van der Waals surface area contributed by atoms with E-state index in [9.17, 15) is 4.79 Å². The molecular weight excluding hydrogens is 282 g/mol. The molecule has 0 aliphatic heterocycles. The summed E-state index contributed by atoms with van der Waals surface area (Å²) in [6, 6.07) is 8.42. The summed E-state index contributed by atoms with van der Waals surface area (Å²) in [5.74, 6) is -0.255. The molecule has 2 unspecified atom stereocenters. The van der Waals surface area contributed by atoms with Crippen LogP contribution in [0.5, 0.6) is 0 Å². The van der Waals surface area contributed by atoms with E-state index >= 15 is 0 Å². The van der Waals surface area contributed by atoms with Gasteiger partial charge in [0, 0.05) is 12.6 Å². The standard InChI is InChI=1S/C13H18BrNO2/c1-9-6-4-5-7-11(9)10(2)15-8-12(14)13(16)17-3/h4-7,10,12,15H,8H2,1-3H3. The Labute approximate surface area is 111 Å². The number of carbonyl (C=O) groups is 1. The number of hydrogen-bond acceptors (Lipinski definition) is 3. The molecule has 1 N–H and O–H groups in total. The first-order chi connectivity index (χ1) is 8.06. The molecule has 0 spiro atoms. The molecule has 0 heterocycles. The third-order valence-corrected chi connectivity index (χ3v) is 3.41. The molecule has 4 heteroatoms. The lowest BCUT2D eigenvalue weighted by atomic mass is 10.0. The summed E-state index contributed by atoms with van der Waals surface area (Å²) in [7, 11) is 1.39. The summed E-state index contributed by atoms with van der Waals surface area (Å²) < 4.78 is 4.65. The molecule has 0 aliphatic rings. The first-order valence-corrected chi connectivity index (χ1v) is 6.48. The van der Waals surface area contributed by atoms with Crippen LogP contribution in [0.1, 0.15) is 24.1 Å². The van der Waals surface area contributed by atoms with E-state index in [1.165, 1.54) is 18.2 Å². The highest BCUT2D eigenvalue weighted by atomic mass is 79.9. The summed E-state index contributed by atoms with van der Waals surface area (Å²) in [6.07, 6.45) is 0. The van der Waals surface area contributed by atoms with E-state index in [1.807, 2.05) is 12.1 Å². The lowest BCUT2D eigenvalue weighted by molar-refractivity contribution is -0.139. The van der Waals surface area contributed by atoms with Gasteiger partial charge >= 0.3 is 5.97 Å². The van der Waals surface area contributed by atoms with Crippen LogP contribution in [-0.2, 0) is 9.53 Å². The Kier molecular flexibility index (Phi) is 5.65. The third-order valence-electron chi connectivity index (χ3n) is 2.72. The highest BCUT2D eigenvalue weighted by molar-refractivity contribution is 9.10. The minimum atomic E-state index is -0.307. The molecule has 94 valence electrons. The molecule has 1 aromatic carbocycles. The van der Waals surface area contributed by atoms with E-state index in [1.54, 1.807) is 0 Å². The molecule has 0 aliphatic carbocycles. The molecule has 17 heavy (non-hydrogen) atoms. The predicted octanol–water partition coefficient (Wildman–Crippen LogP) is 2.58. The largest absolute Gasteiger partial charge is 0.468 e. The second-order valence-electron chi connectivity index (χ2n) is 3.98. The summed E-state index contributed by atoms with van der Waals surface area (Å²) >= 11 is 3.29. The fourth-order valence-electron chi connectivity index (χ4n) is 1.67. The van der Waals surface area contributed by atoms with Gasteiger partial charge in [0.05, 0.1) is 7.11 Å². The van der Waals surface area contributed by atoms with Gasteiger partial charge in [-0.1, -0.05) is 40.2 Å². The van der Waals surface area contributed by atoms with Crippen molar-refractivity contribution in [3.05, 3.63) is 35.4 Å². The number of halogens is 1. The average Bonchev–Trinajstić information content (AvgIpc) is 2.35. The smallest absolute Gasteiger partial charge is 0.320 e. The van der Waals surface area contributed by atoms with Crippen LogP contribution < -0.4 is 5.32 Å². The fraction of sp³-hybridized carbons (Fsp3) is 0.462. The Morgan fingerprint density at radius 1 is 1.47 bits per heavy atom. The molecule has 2 atom stereocenters. The normalized spacial score (nSPS) is 14.1. The van der Waals surface area contributed by atoms with Crippen molar-refractivity contribution in [1.82, 2.24) is 5.32 Å². The van der Waals surface area contributed by atoms with E-state index in [0.29, 0.717) is 6.54 Å². The van der Waals surface area contributed by atoms with Crippen molar-refractivity contribution < 1.29 is 9.53 Å². The minimum Gasteiger partial charge on any atom is -0.468 e. The Morgan fingerprint density at radius 2 is 2.12 bits per heavy atom. The van der Waals surface area contributed by atoms with E-state index in [4.69, 9.17) is 0 Å². The van der Waals surface area contributed by atoms with Crippen LogP contribution in [0, 0.1) is 6.92 Å². The maximum Gasteiger partial charge on any atom is 0.320 e.